The zero-order chi connectivity index (χ0) is 19.8. The Morgan fingerprint density at radius 3 is 2.39 bits per heavy atom. The zero-order valence-corrected chi connectivity index (χ0v) is 16.7. The van der Waals surface area contributed by atoms with Crippen LogP contribution in [-0.2, 0) is 22.4 Å². The molecule has 4 N–H and O–H groups in total. The standard InChI is InChI=1S/C20H25N3O4.ClH/c1-23(2)20(25)17(21)13-14-7-10-16(11-8-14)27-18-6-4-3-5-15(18)9-12-19(24)22-26;/h3-8,10-11,17,26H,9,12-13,21H2,1-2H3,(H,22,24);1H/t17-;/m0./s1. The Labute approximate surface area is 170 Å². The van der Waals surface area contributed by atoms with E-state index in [1.54, 1.807) is 19.6 Å². The first kappa shape index (κ1) is 23.4. The number of halogens is 1. The van der Waals surface area contributed by atoms with E-state index in [0.29, 0.717) is 24.3 Å². The van der Waals surface area contributed by atoms with Crippen LogP contribution < -0.4 is 16.0 Å². The molecule has 0 aliphatic heterocycles. The number of para-hydroxylation sites is 1. The monoisotopic (exact) mass is 407 g/mol. The molecule has 0 radical (unpaired) electrons. The van der Waals surface area contributed by atoms with Gasteiger partial charge in [-0.25, -0.2) is 5.48 Å². The van der Waals surface area contributed by atoms with E-state index < -0.39 is 11.9 Å². The molecule has 7 nitrogen and oxygen atoms in total. The van der Waals surface area contributed by atoms with Crippen molar-refractivity contribution in [3.05, 3.63) is 59.7 Å². The van der Waals surface area contributed by atoms with Gasteiger partial charge in [-0.1, -0.05) is 30.3 Å². The van der Waals surface area contributed by atoms with Crippen molar-refractivity contribution in [1.29, 1.82) is 0 Å². The number of ether oxygens (including phenoxy) is 1. The van der Waals surface area contributed by atoms with Crippen LogP contribution in [0.15, 0.2) is 48.5 Å². The van der Waals surface area contributed by atoms with E-state index in [9.17, 15) is 9.59 Å². The average molecular weight is 408 g/mol. The minimum absolute atomic E-state index is 0. The first-order chi connectivity index (χ1) is 12.9. The first-order valence-electron chi connectivity index (χ1n) is 8.65. The van der Waals surface area contributed by atoms with Crippen LogP contribution in [0.25, 0.3) is 0 Å². The van der Waals surface area contributed by atoms with Gasteiger partial charge in [0.05, 0.1) is 6.04 Å². The van der Waals surface area contributed by atoms with Crippen molar-refractivity contribution in [1.82, 2.24) is 10.4 Å². The number of hydrogen-bond acceptors (Lipinski definition) is 5. The van der Waals surface area contributed by atoms with E-state index in [0.717, 1.165) is 11.1 Å². The fourth-order valence-electron chi connectivity index (χ4n) is 2.61. The van der Waals surface area contributed by atoms with Crippen LogP contribution in [0.1, 0.15) is 17.5 Å². The van der Waals surface area contributed by atoms with Crippen molar-refractivity contribution >= 4 is 24.2 Å². The maximum atomic E-state index is 11.9. The summed E-state index contributed by atoms with van der Waals surface area (Å²) in [5.74, 6) is 0.731. The molecule has 0 aliphatic rings. The summed E-state index contributed by atoms with van der Waals surface area (Å²) in [6.07, 6.45) is 1.06. The molecule has 2 aromatic carbocycles. The number of nitrogens with one attached hydrogen (secondary N) is 1. The minimum Gasteiger partial charge on any atom is -0.457 e. The average Bonchev–Trinajstić information content (AvgIpc) is 2.67. The Morgan fingerprint density at radius 2 is 1.79 bits per heavy atom. The summed E-state index contributed by atoms with van der Waals surface area (Å²) in [6.45, 7) is 0. The molecule has 0 bridgehead atoms. The molecule has 0 saturated heterocycles. The molecule has 2 amide bonds. The number of carbonyl (C=O) groups excluding carboxylic acids is 2. The second-order valence-corrected chi connectivity index (χ2v) is 6.43. The molecular weight excluding hydrogens is 382 g/mol. The topological polar surface area (TPSA) is 105 Å². The van der Waals surface area contributed by atoms with E-state index in [2.05, 4.69) is 0 Å². The number of carbonyl (C=O) groups is 2. The summed E-state index contributed by atoms with van der Waals surface area (Å²) in [6, 6.07) is 14.2. The fourth-order valence-corrected chi connectivity index (χ4v) is 2.61. The lowest BCUT2D eigenvalue weighted by molar-refractivity contribution is -0.130. The van der Waals surface area contributed by atoms with Gasteiger partial charge in [-0.2, -0.15) is 0 Å². The third kappa shape index (κ3) is 6.84. The lowest BCUT2D eigenvalue weighted by Crippen LogP contribution is -2.41. The number of aryl methyl sites for hydroxylation is 1. The second kappa shape index (κ2) is 11.3. The number of nitrogens with two attached hydrogens (primary N) is 1. The highest BCUT2D eigenvalue weighted by atomic mass is 35.5. The number of benzene rings is 2. The van der Waals surface area contributed by atoms with Gasteiger partial charge in [0.25, 0.3) is 0 Å². The van der Waals surface area contributed by atoms with Crippen LogP contribution in [-0.4, -0.2) is 42.1 Å². The number of hydroxylamine groups is 1. The molecule has 0 heterocycles. The van der Waals surface area contributed by atoms with Gasteiger partial charge in [-0.05, 0) is 42.2 Å². The first-order valence-corrected chi connectivity index (χ1v) is 8.65. The van der Waals surface area contributed by atoms with Crippen molar-refractivity contribution in [2.75, 3.05) is 14.1 Å². The third-order valence-electron chi connectivity index (χ3n) is 4.08. The van der Waals surface area contributed by atoms with Crippen molar-refractivity contribution in [2.24, 2.45) is 5.73 Å². The van der Waals surface area contributed by atoms with E-state index in [1.165, 1.54) is 4.90 Å². The molecule has 0 saturated carbocycles. The zero-order valence-electron chi connectivity index (χ0n) is 15.9. The van der Waals surface area contributed by atoms with Crippen molar-refractivity contribution in [2.45, 2.75) is 25.3 Å². The summed E-state index contributed by atoms with van der Waals surface area (Å²) in [5, 5.41) is 8.61. The Kier molecular flexibility index (Phi) is 9.44. The molecule has 0 fully saturated rings. The number of amides is 2. The predicted octanol–water partition coefficient (Wildman–Crippen LogP) is 2.30. The van der Waals surface area contributed by atoms with Crippen molar-refractivity contribution < 1.29 is 19.5 Å². The van der Waals surface area contributed by atoms with E-state index in [-0.39, 0.29) is 24.7 Å². The molecule has 152 valence electrons. The van der Waals surface area contributed by atoms with Crippen LogP contribution in [0.2, 0.25) is 0 Å². The summed E-state index contributed by atoms with van der Waals surface area (Å²) in [5.41, 5.74) is 9.36. The SMILES string of the molecule is CN(C)C(=O)[C@@H](N)Cc1ccc(Oc2ccccc2CCC(=O)NO)cc1.Cl. The van der Waals surface area contributed by atoms with Gasteiger partial charge in [0, 0.05) is 20.5 Å². The molecule has 2 rings (SSSR count). The smallest absolute Gasteiger partial charge is 0.243 e. The highest BCUT2D eigenvalue weighted by Crippen LogP contribution is 2.26. The Morgan fingerprint density at radius 1 is 1.14 bits per heavy atom. The van der Waals surface area contributed by atoms with Crippen LogP contribution in [0.3, 0.4) is 0 Å². The van der Waals surface area contributed by atoms with Gasteiger partial charge in [-0.3, -0.25) is 14.8 Å². The van der Waals surface area contributed by atoms with Gasteiger partial charge in [0.15, 0.2) is 0 Å². The molecule has 0 spiro atoms. The van der Waals surface area contributed by atoms with Crippen LogP contribution in [0.4, 0.5) is 0 Å². The highest BCUT2D eigenvalue weighted by Gasteiger charge is 2.16. The van der Waals surface area contributed by atoms with Gasteiger partial charge < -0.3 is 15.4 Å². The fraction of sp³-hybridized carbons (Fsp3) is 0.300. The lowest BCUT2D eigenvalue weighted by Gasteiger charge is -2.17. The largest absolute Gasteiger partial charge is 0.457 e. The molecule has 2 aromatic rings. The highest BCUT2D eigenvalue weighted by molar-refractivity contribution is 5.85. The molecule has 0 aromatic heterocycles. The van der Waals surface area contributed by atoms with E-state index in [4.69, 9.17) is 15.7 Å². The van der Waals surface area contributed by atoms with Crippen LogP contribution in [0, 0.1) is 0 Å². The Hall–Kier alpha value is -2.61. The molecule has 28 heavy (non-hydrogen) atoms. The molecule has 0 unspecified atom stereocenters. The van der Waals surface area contributed by atoms with Gasteiger partial charge >= 0.3 is 0 Å². The van der Waals surface area contributed by atoms with Gasteiger partial charge in [0.2, 0.25) is 11.8 Å². The quantitative estimate of drug-likeness (QED) is 0.460. The number of hydrogen-bond donors (Lipinski definition) is 3. The summed E-state index contributed by atoms with van der Waals surface area (Å²) >= 11 is 0. The summed E-state index contributed by atoms with van der Waals surface area (Å²) < 4.78 is 5.92. The molecule has 0 aliphatic carbocycles. The maximum Gasteiger partial charge on any atom is 0.243 e. The normalized spacial score (nSPS) is 11.1. The summed E-state index contributed by atoms with van der Waals surface area (Å²) in [7, 11) is 3.36. The second-order valence-electron chi connectivity index (χ2n) is 6.43. The maximum absolute atomic E-state index is 11.9. The number of likely N-dealkylation sites (N-methyl/N-ethyl adjacent to an activating group) is 1. The predicted molar refractivity (Wildman–Crippen MR) is 109 cm³/mol. The molecular formula is C20H26ClN3O4. The number of nitrogens with zero attached hydrogens (tertiary/aromatic N) is 1. The minimum atomic E-state index is -0.579. The molecule has 1 atom stereocenters. The Balaban J connectivity index is 0.00000392. The summed E-state index contributed by atoms with van der Waals surface area (Å²) in [4.78, 5) is 24.6. The number of rotatable bonds is 8. The Bertz CT molecular complexity index is 781. The third-order valence-corrected chi connectivity index (χ3v) is 4.08. The van der Waals surface area contributed by atoms with E-state index in [1.807, 2.05) is 48.5 Å². The van der Waals surface area contributed by atoms with E-state index >= 15 is 0 Å². The van der Waals surface area contributed by atoms with Gasteiger partial charge in [0.1, 0.15) is 11.5 Å². The van der Waals surface area contributed by atoms with Crippen LogP contribution >= 0.6 is 12.4 Å². The van der Waals surface area contributed by atoms with Crippen LogP contribution in [0.5, 0.6) is 11.5 Å². The van der Waals surface area contributed by atoms with Crippen molar-refractivity contribution in [3.8, 4) is 11.5 Å². The van der Waals surface area contributed by atoms with Gasteiger partial charge in [-0.15, -0.1) is 12.4 Å². The lowest BCUT2D eigenvalue weighted by atomic mass is 10.1. The van der Waals surface area contributed by atoms with Crippen molar-refractivity contribution in [3.63, 3.8) is 0 Å². The molecule has 8 heteroatoms.